The van der Waals surface area contributed by atoms with E-state index in [0.717, 1.165) is 19.1 Å². The van der Waals surface area contributed by atoms with E-state index in [1.807, 2.05) is 0 Å². The first-order valence-corrected chi connectivity index (χ1v) is 9.75. The van der Waals surface area contributed by atoms with Crippen LogP contribution in [0.25, 0.3) is 0 Å². The molecule has 0 radical (unpaired) electrons. The highest BCUT2D eigenvalue weighted by atomic mass is 32.2. The average molecular weight is 346 g/mol. The predicted octanol–water partition coefficient (Wildman–Crippen LogP) is 0.664. The Morgan fingerprint density at radius 3 is 2.39 bits per heavy atom. The van der Waals surface area contributed by atoms with Gasteiger partial charge in [-0.05, 0) is 24.2 Å². The fraction of sp³-hybridized carbons (Fsp3) is 0.867. The van der Waals surface area contributed by atoms with Crippen LogP contribution >= 0.6 is 0 Å². The fourth-order valence-corrected chi connectivity index (χ4v) is 4.68. The summed E-state index contributed by atoms with van der Waals surface area (Å²) < 4.78 is 25.6. The van der Waals surface area contributed by atoms with Crippen molar-refractivity contribution in [3.05, 3.63) is 0 Å². The lowest BCUT2D eigenvalue weighted by atomic mass is 9.81. The van der Waals surface area contributed by atoms with Crippen LogP contribution in [-0.2, 0) is 19.6 Å². The third kappa shape index (κ3) is 3.52. The van der Waals surface area contributed by atoms with Crippen molar-refractivity contribution in [1.82, 2.24) is 9.62 Å². The largest absolute Gasteiger partial charge is 0.481 e. The Morgan fingerprint density at radius 1 is 1.35 bits per heavy atom. The number of likely N-dealkylation sites (tertiary alicyclic amines) is 1. The second kappa shape index (κ2) is 5.73. The van der Waals surface area contributed by atoms with E-state index in [1.165, 1.54) is 4.90 Å². The molecule has 1 heterocycles. The maximum atomic E-state index is 12.9. The molecule has 1 aliphatic carbocycles. The van der Waals surface area contributed by atoms with Gasteiger partial charge >= 0.3 is 5.97 Å². The molecule has 1 amide bonds. The molecule has 1 aliphatic heterocycles. The summed E-state index contributed by atoms with van der Waals surface area (Å²) in [5.41, 5.74) is -1.46. The molecule has 8 heteroatoms. The molecule has 1 saturated heterocycles. The van der Waals surface area contributed by atoms with Crippen molar-refractivity contribution in [1.29, 1.82) is 0 Å². The number of amides is 1. The lowest BCUT2D eigenvalue weighted by Gasteiger charge is -2.33. The van der Waals surface area contributed by atoms with Gasteiger partial charge in [0.2, 0.25) is 15.9 Å². The molecule has 1 unspecified atom stereocenters. The highest BCUT2D eigenvalue weighted by Crippen LogP contribution is 2.49. The number of aliphatic carboxylic acids is 1. The second-order valence-electron chi connectivity index (χ2n) is 7.96. The average Bonchev–Trinajstić information content (AvgIpc) is 2.89. The van der Waals surface area contributed by atoms with Gasteiger partial charge in [-0.1, -0.05) is 27.2 Å². The monoisotopic (exact) mass is 346 g/mol. The van der Waals surface area contributed by atoms with Crippen molar-refractivity contribution in [3.63, 3.8) is 0 Å². The Balaban J connectivity index is 2.24. The van der Waals surface area contributed by atoms with Crippen LogP contribution < -0.4 is 4.72 Å². The highest BCUT2D eigenvalue weighted by molar-refractivity contribution is 7.88. The summed E-state index contributed by atoms with van der Waals surface area (Å²) in [7, 11) is -3.55. The summed E-state index contributed by atoms with van der Waals surface area (Å²) in [6, 6.07) is -0.901. The zero-order valence-electron chi connectivity index (χ0n) is 14.1. The van der Waals surface area contributed by atoms with E-state index < -0.39 is 32.9 Å². The molecule has 3 atom stereocenters. The van der Waals surface area contributed by atoms with Gasteiger partial charge in [-0.15, -0.1) is 0 Å². The van der Waals surface area contributed by atoms with Gasteiger partial charge < -0.3 is 10.0 Å². The lowest BCUT2D eigenvalue weighted by molar-refractivity contribution is -0.149. The van der Waals surface area contributed by atoms with Gasteiger partial charge in [-0.3, -0.25) is 9.59 Å². The number of nitrogens with zero attached hydrogens (tertiary/aromatic N) is 1. The standard InChI is InChI=1S/C15H26N2O5S/c1-14(2,3)11(16-23(4,21)22)12(18)17-8-10-6-5-7-15(10,9-17)13(19)20/h10-11,16H,5-9H2,1-4H3,(H,19,20)/t10-,11?,15+/m0/s1. The molecule has 23 heavy (non-hydrogen) atoms. The van der Waals surface area contributed by atoms with Gasteiger partial charge in [0.15, 0.2) is 0 Å². The predicted molar refractivity (Wildman–Crippen MR) is 85.2 cm³/mol. The van der Waals surface area contributed by atoms with Crippen molar-refractivity contribution in [3.8, 4) is 0 Å². The van der Waals surface area contributed by atoms with Crippen LogP contribution in [0.1, 0.15) is 40.0 Å². The molecule has 1 saturated carbocycles. The lowest BCUT2D eigenvalue weighted by Crippen LogP contribution is -2.54. The van der Waals surface area contributed by atoms with E-state index in [-0.39, 0.29) is 18.4 Å². The molecule has 2 N–H and O–H groups in total. The summed E-state index contributed by atoms with van der Waals surface area (Å²) >= 11 is 0. The maximum absolute atomic E-state index is 12.9. The zero-order valence-corrected chi connectivity index (χ0v) is 14.9. The summed E-state index contributed by atoms with van der Waals surface area (Å²) in [5.74, 6) is -1.22. The molecule has 0 spiro atoms. The summed E-state index contributed by atoms with van der Waals surface area (Å²) in [6.45, 7) is 5.93. The molecule has 0 aromatic carbocycles. The number of fused-ring (bicyclic) bond motifs is 1. The highest BCUT2D eigenvalue weighted by Gasteiger charge is 2.56. The van der Waals surface area contributed by atoms with Crippen molar-refractivity contribution in [2.24, 2.45) is 16.7 Å². The van der Waals surface area contributed by atoms with Crippen molar-refractivity contribution in [2.75, 3.05) is 19.3 Å². The Kier molecular flexibility index (Phi) is 4.54. The molecule has 2 rings (SSSR count). The molecule has 2 aliphatic rings. The molecule has 0 bridgehead atoms. The smallest absolute Gasteiger partial charge is 0.311 e. The van der Waals surface area contributed by atoms with Crippen molar-refractivity contribution in [2.45, 2.75) is 46.1 Å². The van der Waals surface area contributed by atoms with Crippen LogP contribution in [0.5, 0.6) is 0 Å². The summed E-state index contributed by atoms with van der Waals surface area (Å²) in [5, 5.41) is 9.61. The topological polar surface area (TPSA) is 104 Å². The van der Waals surface area contributed by atoms with Crippen LogP contribution in [0.15, 0.2) is 0 Å². The summed E-state index contributed by atoms with van der Waals surface area (Å²) in [6.07, 6.45) is 3.27. The fourth-order valence-electron chi connectivity index (χ4n) is 3.80. The van der Waals surface area contributed by atoms with E-state index in [1.54, 1.807) is 20.8 Å². The molecule has 2 fully saturated rings. The number of carbonyl (C=O) groups is 2. The zero-order chi connectivity index (χ0) is 17.6. The van der Waals surface area contributed by atoms with Gasteiger partial charge in [0.25, 0.3) is 0 Å². The molecule has 132 valence electrons. The Labute approximate surface area is 137 Å². The number of carbonyl (C=O) groups excluding carboxylic acids is 1. The Hall–Kier alpha value is -1.15. The van der Waals surface area contributed by atoms with E-state index in [0.29, 0.717) is 13.0 Å². The van der Waals surface area contributed by atoms with Gasteiger partial charge in [0.1, 0.15) is 6.04 Å². The minimum atomic E-state index is -3.55. The van der Waals surface area contributed by atoms with Crippen LogP contribution in [-0.4, -0.2) is 55.7 Å². The number of carboxylic acids is 1. The van der Waals surface area contributed by atoms with E-state index in [9.17, 15) is 23.1 Å². The van der Waals surface area contributed by atoms with E-state index >= 15 is 0 Å². The molecule has 0 aromatic rings. The van der Waals surface area contributed by atoms with Crippen molar-refractivity contribution >= 4 is 21.9 Å². The Morgan fingerprint density at radius 2 is 1.96 bits per heavy atom. The second-order valence-corrected chi connectivity index (χ2v) is 9.74. The van der Waals surface area contributed by atoms with Gasteiger partial charge in [0.05, 0.1) is 11.7 Å². The number of sulfonamides is 1. The first kappa shape index (κ1) is 18.2. The minimum absolute atomic E-state index is 0.0391. The number of carboxylic acid groups (broad SMARTS) is 1. The summed E-state index contributed by atoms with van der Waals surface area (Å²) in [4.78, 5) is 26.1. The normalized spacial score (nSPS) is 29.4. The van der Waals surface area contributed by atoms with E-state index in [4.69, 9.17) is 0 Å². The quantitative estimate of drug-likeness (QED) is 0.778. The third-order valence-electron chi connectivity index (χ3n) is 5.05. The number of hydrogen-bond donors (Lipinski definition) is 2. The molecular weight excluding hydrogens is 320 g/mol. The van der Waals surface area contributed by atoms with Crippen LogP contribution in [0.3, 0.4) is 0 Å². The molecule has 0 aromatic heterocycles. The van der Waals surface area contributed by atoms with Gasteiger partial charge in [0, 0.05) is 13.1 Å². The maximum Gasteiger partial charge on any atom is 0.311 e. The van der Waals surface area contributed by atoms with Crippen LogP contribution in [0.2, 0.25) is 0 Å². The van der Waals surface area contributed by atoms with Crippen molar-refractivity contribution < 1.29 is 23.1 Å². The van der Waals surface area contributed by atoms with Gasteiger partial charge in [-0.2, -0.15) is 0 Å². The molecule has 7 nitrogen and oxygen atoms in total. The number of nitrogens with one attached hydrogen (secondary N) is 1. The van der Waals surface area contributed by atoms with Crippen LogP contribution in [0.4, 0.5) is 0 Å². The number of hydrogen-bond acceptors (Lipinski definition) is 4. The number of rotatable bonds is 4. The van der Waals surface area contributed by atoms with Gasteiger partial charge in [-0.25, -0.2) is 13.1 Å². The molecular formula is C15H26N2O5S. The van der Waals surface area contributed by atoms with E-state index in [2.05, 4.69) is 4.72 Å². The first-order valence-electron chi connectivity index (χ1n) is 7.86. The third-order valence-corrected chi connectivity index (χ3v) is 5.72. The minimum Gasteiger partial charge on any atom is -0.481 e. The first-order chi connectivity index (χ1) is 10.4. The SMILES string of the molecule is CC(C)(C)C(NS(C)(=O)=O)C(=O)N1C[C@@H]2CCC[C@@]2(C(=O)O)C1. The Bertz CT molecular complexity index is 610. The van der Waals surface area contributed by atoms with Crippen LogP contribution in [0, 0.1) is 16.7 Å².